The summed E-state index contributed by atoms with van der Waals surface area (Å²) in [6, 6.07) is 15.7. The highest BCUT2D eigenvalue weighted by molar-refractivity contribution is 7.98. The Morgan fingerprint density at radius 2 is 1.93 bits per heavy atom. The van der Waals surface area contributed by atoms with Crippen molar-refractivity contribution in [2.24, 2.45) is 0 Å². The van der Waals surface area contributed by atoms with Gasteiger partial charge in [-0.15, -0.1) is 0 Å². The molecule has 0 aliphatic carbocycles. The van der Waals surface area contributed by atoms with Crippen LogP contribution in [0.3, 0.4) is 0 Å². The number of nitrogens with one attached hydrogen (secondary N) is 2. The highest BCUT2D eigenvalue weighted by Gasteiger charge is 2.08. The lowest BCUT2D eigenvalue weighted by Crippen LogP contribution is -2.23. The fraction of sp³-hybridized carbons (Fsp3) is 0.143. The number of carbonyl (C=O) groups is 1. The first-order chi connectivity index (χ1) is 14.3. The Balaban J connectivity index is 1.34. The second-order valence-electron chi connectivity index (χ2n) is 6.46. The summed E-state index contributed by atoms with van der Waals surface area (Å²) < 4.78 is 2.01. The molecule has 0 atom stereocenters. The monoisotopic (exact) mass is 404 g/mol. The fourth-order valence-electron chi connectivity index (χ4n) is 2.91. The third-order valence-corrected chi connectivity index (χ3v) is 5.40. The topological polar surface area (TPSA) is 88.5 Å². The van der Waals surface area contributed by atoms with E-state index in [1.165, 1.54) is 6.33 Å². The quantitative estimate of drug-likeness (QED) is 0.440. The molecule has 7 nitrogen and oxygen atoms in total. The maximum absolute atomic E-state index is 12.5. The van der Waals surface area contributed by atoms with Gasteiger partial charge in [0.05, 0.1) is 6.33 Å². The number of thioether (sulfide) groups is 1. The number of rotatable bonds is 8. The van der Waals surface area contributed by atoms with Gasteiger partial charge in [0.15, 0.2) is 5.16 Å². The Bertz CT molecular complexity index is 1050. The predicted molar refractivity (Wildman–Crippen MR) is 111 cm³/mol. The van der Waals surface area contributed by atoms with Gasteiger partial charge in [-0.2, -0.15) is 5.10 Å². The molecule has 0 fully saturated rings. The zero-order valence-corrected chi connectivity index (χ0v) is 16.5. The van der Waals surface area contributed by atoms with E-state index >= 15 is 0 Å². The second kappa shape index (κ2) is 9.20. The lowest BCUT2D eigenvalue weighted by atomic mass is 10.1. The molecule has 4 rings (SSSR count). The van der Waals surface area contributed by atoms with Crippen molar-refractivity contribution >= 4 is 17.7 Å². The van der Waals surface area contributed by atoms with E-state index in [9.17, 15) is 4.79 Å². The maximum Gasteiger partial charge on any atom is 0.251 e. The molecule has 2 heterocycles. The third kappa shape index (κ3) is 5.11. The summed E-state index contributed by atoms with van der Waals surface area (Å²) in [5.41, 5.74) is 4.01. The average molecular weight is 404 g/mol. The Labute approximate surface area is 172 Å². The van der Waals surface area contributed by atoms with E-state index in [4.69, 9.17) is 0 Å². The van der Waals surface area contributed by atoms with Crippen molar-refractivity contribution in [2.45, 2.75) is 24.0 Å². The van der Waals surface area contributed by atoms with E-state index in [1.807, 2.05) is 53.2 Å². The molecule has 8 heteroatoms. The van der Waals surface area contributed by atoms with Crippen molar-refractivity contribution in [3.8, 4) is 0 Å². The minimum Gasteiger partial charge on any atom is -0.348 e. The van der Waals surface area contributed by atoms with Crippen molar-refractivity contribution in [3.05, 3.63) is 95.8 Å². The number of benzene rings is 2. The fourth-order valence-corrected chi connectivity index (χ4v) is 3.64. The van der Waals surface area contributed by atoms with Gasteiger partial charge in [0.1, 0.15) is 6.33 Å². The molecular formula is C21H20N6OS. The number of hydrogen-bond donors (Lipinski definition) is 2. The molecule has 2 aromatic heterocycles. The van der Waals surface area contributed by atoms with Crippen LogP contribution in [-0.2, 0) is 18.8 Å². The largest absolute Gasteiger partial charge is 0.348 e. The van der Waals surface area contributed by atoms with E-state index in [2.05, 4.69) is 31.5 Å². The van der Waals surface area contributed by atoms with E-state index < -0.39 is 0 Å². The molecule has 4 aromatic rings. The summed E-state index contributed by atoms with van der Waals surface area (Å²) in [4.78, 5) is 20.7. The van der Waals surface area contributed by atoms with Crippen molar-refractivity contribution in [1.29, 1.82) is 0 Å². The molecule has 0 bridgehead atoms. The predicted octanol–water partition coefficient (Wildman–Crippen LogP) is 3.27. The number of aromatic nitrogens is 5. The third-order valence-electron chi connectivity index (χ3n) is 4.45. The summed E-state index contributed by atoms with van der Waals surface area (Å²) >= 11 is 1.57. The van der Waals surface area contributed by atoms with Crippen LogP contribution in [0.25, 0.3) is 0 Å². The Hall–Kier alpha value is -3.39. The average Bonchev–Trinajstić information content (AvgIpc) is 3.46. The van der Waals surface area contributed by atoms with Gasteiger partial charge in [-0.1, -0.05) is 48.2 Å². The van der Waals surface area contributed by atoms with Crippen LogP contribution in [0.2, 0.25) is 0 Å². The zero-order valence-electron chi connectivity index (χ0n) is 15.7. The van der Waals surface area contributed by atoms with E-state index in [1.54, 1.807) is 24.3 Å². The molecule has 0 radical (unpaired) electrons. The number of imidazole rings is 1. The number of nitrogens with zero attached hydrogens (tertiary/aromatic N) is 4. The van der Waals surface area contributed by atoms with Gasteiger partial charge in [-0.05, 0) is 28.8 Å². The van der Waals surface area contributed by atoms with Crippen molar-refractivity contribution in [1.82, 2.24) is 30.0 Å². The summed E-state index contributed by atoms with van der Waals surface area (Å²) in [6.07, 6.45) is 6.97. The molecule has 0 saturated carbocycles. The van der Waals surface area contributed by atoms with Gasteiger partial charge in [-0.25, -0.2) is 9.97 Å². The molecular weight excluding hydrogens is 384 g/mol. The molecule has 0 saturated heterocycles. The normalized spacial score (nSPS) is 10.8. The first kappa shape index (κ1) is 18.9. The molecule has 146 valence electrons. The highest BCUT2D eigenvalue weighted by atomic mass is 32.2. The number of H-pyrrole nitrogens is 1. The van der Waals surface area contributed by atoms with Crippen LogP contribution in [0, 0.1) is 0 Å². The highest BCUT2D eigenvalue weighted by Crippen LogP contribution is 2.18. The molecule has 0 unspecified atom stereocenters. The molecule has 2 aromatic carbocycles. The molecule has 0 spiro atoms. The van der Waals surface area contributed by atoms with Gasteiger partial charge in [0.2, 0.25) is 0 Å². The van der Waals surface area contributed by atoms with Crippen LogP contribution >= 0.6 is 11.8 Å². The summed E-state index contributed by atoms with van der Waals surface area (Å²) in [6.45, 7) is 1.20. The van der Waals surface area contributed by atoms with Crippen LogP contribution in [0.4, 0.5) is 0 Å². The molecule has 29 heavy (non-hydrogen) atoms. The molecule has 2 N–H and O–H groups in total. The summed E-state index contributed by atoms with van der Waals surface area (Å²) in [5.74, 6) is 0.676. The Kier molecular flexibility index (Phi) is 6.01. The first-order valence-electron chi connectivity index (χ1n) is 9.16. The van der Waals surface area contributed by atoms with E-state index in [0.717, 1.165) is 34.1 Å². The molecule has 0 aliphatic heterocycles. The minimum atomic E-state index is -0.0862. The smallest absolute Gasteiger partial charge is 0.251 e. The lowest BCUT2D eigenvalue weighted by molar-refractivity contribution is 0.0951. The Morgan fingerprint density at radius 1 is 1.10 bits per heavy atom. The van der Waals surface area contributed by atoms with E-state index in [0.29, 0.717) is 12.1 Å². The van der Waals surface area contributed by atoms with Crippen LogP contribution in [0.5, 0.6) is 0 Å². The van der Waals surface area contributed by atoms with E-state index in [-0.39, 0.29) is 5.91 Å². The Morgan fingerprint density at radius 3 is 2.66 bits per heavy atom. The van der Waals surface area contributed by atoms with Gasteiger partial charge in [0, 0.05) is 36.8 Å². The van der Waals surface area contributed by atoms with Crippen LogP contribution in [0.15, 0.2) is 78.7 Å². The molecule has 0 aliphatic rings. The number of amides is 1. The maximum atomic E-state index is 12.5. The van der Waals surface area contributed by atoms with Gasteiger partial charge >= 0.3 is 0 Å². The van der Waals surface area contributed by atoms with Crippen LogP contribution in [-0.4, -0.2) is 30.6 Å². The van der Waals surface area contributed by atoms with Crippen LogP contribution < -0.4 is 5.32 Å². The number of aromatic amines is 1. The van der Waals surface area contributed by atoms with Gasteiger partial charge in [0.25, 0.3) is 5.91 Å². The van der Waals surface area contributed by atoms with Crippen LogP contribution in [0.1, 0.15) is 27.0 Å². The van der Waals surface area contributed by atoms with Crippen molar-refractivity contribution < 1.29 is 4.79 Å². The van der Waals surface area contributed by atoms with Gasteiger partial charge < -0.3 is 9.88 Å². The SMILES string of the molecule is O=C(NCc1ccccc1Cn1ccnc1)c1ccc(CSc2ncn[nH]2)cc1. The molecule has 1 amide bonds. The number of hydrogen-bond acceptors (Lipinski definition) is 5. The summed E-state index contributed by atoms with van der Waals surface area (Å²) in [5, 5.41) is 10.4. The standard InChI is InChI=1S/C21H20N6OS/c28-20(17-7-5-16(6-8-17)13-29-21-24-14-25-26-21)23-11-18-3-1-2-4-19(18)12-27-10-9-22-15-27/h1-10,14-15H,11-13H2,(H,23,28)(H,24,25,26). The summed E-state index contributed by atoms with van der Waals surface area (Å²) in [7, 11) is 0. The first-order valence-corrected chi connectivity index (χ1v) is 10.1. The van der Waals surface area contributed by atoms with Gasteiger partial charge in [-0.3, -0.25) is 9.89 Å². The minimum absolute atomic E-state index is 0.0862. The van der Waals surface area contributed by atoms with Crippen molar-refractivity contribution in [2.75, 3.05) is 0 Å². The number of carbonyl (C=O) groups excluding carboxylic acids is 1. The zero-order chi connectivity index (χ0) is 19.9. The van der Waals surface area contributed by atoms with Crippen molar-refractivity contribution in [3.63, 3.8) is 0 Å². The lowest BCUT2D eigenvalue weighted by Gasteiger charge is -2.11. The second-order valence-corrected chi connectivity index (χ2v) is 7.43.